The van der Waals surface area contributed by atoms with Crippen LogP contribution in [0.25, 0.3) is 0 Å². The first-order valence-electron chi connectivity index (χ1n) is 6.85. The number of alkyl halides is 17. The molecule has 192 valence electrons. The van der Waals surface area contributed by atoms with Crippen molar-refractivity contribution in [2.45, 2.75) is 48.4 Å². The number of ether oxygens (including phenoxy) is 2. The van der Waals surface area contributed by atoms with E-state index in [-0.39, 0.29) is 14.1 Å². The second-order valence-electron chi connectivity index (χ2n) is 5.70. The van der Waals surface area contributed by atoms with E-state index < -0.39 is 59.2 Å². The van der Waals surface area contributed by atoms with Gasteiger partial charge in [-0.3, -0.25) is 14.3 Å². The highest BCUT2D eigenvalue weighted by atomic mass is 19.4. The molecule has 0 N–H and O–H groups in total. The van der Waals surface area contributed by atoms with E-state index in [2.05, 4.69) is 0 Å². The molecule has 2 atom stereocenters. The van der Waals surface area contributed by atoms with Crippen LogP contribution in [0.1, 0.15) is 0 Å². The van der Waals surface area contributed by atoms with Crippen LogP contribution in [0.15, 0.2) is 0 Å². The molecule has 0 aromatic rings. The van der Waals surface area contributed by atoms with E-state index >= 15 is 0 Å². The molecule has 1 amide bonds. The minimum Gasteiger partial charge on any atom is -0.344 e. The maximum Gasteiger partial charge on any atom is 0.462 e. The van der Waals surface area contributed by atoms with Gasteiger partial charge < -0.3 is 4.90 Å². The predicted octanol–water partition coefficient (Wildman–Crippen LogP) is 4.95. The van der Waals surface area contributed by atoms with Crippen LogP contribution in [0.3, 0.4) is 0 Å². The summed E-state index contributed by atoms with van der Waals surface area (Å²) < 4.78 is 221. The molecule has 0 aliphatic rings. The zero-order valence-electron chi connectivity index (χ0n) is 14.6. The molecular weight excluding hydrogens is 517 g/mol. The molecule has 4 nitrogen and oxygen atoms in total. The van der Waals surface area contributed by atoms with E-state index in [0.29, 0.717) is 0 Å². The summed E-state index contributed by atoms with van der Waals surface area (Å²) in [5, 5.41) is 0. The van der Waals surface area contributed by atoms with E-state index in [1.165, 1.54) is 4.74 Å². The van der Waals surface area contributed by atoms with Crippen molar-refractivity contribution < 1.29 is 88.9 Å². The highest BCUT2D eigenvalue weighted by molar-refractivity contribution is 5.84. The highest BCUT2D eigenvalue weighted by Gasteiger charge is 2.85. The van der Waals surface area contributed by atoms with Crippen molar-refractivity contribution in [1.82, 2.24) is 4.90 Å². The highest BCUT2D eigenvalue weighted by Crippen LogP contribution is 2.56. The molecule has 0 saturated heterocycles. The second-order valence-corrected chi connectivity index (χ2v) is 5.70. The standard InChI is InChI=1S/C11H6F17NO3/c1-29(2)3(30)4(12,7(16,17)18)31-11(27,28)6(15,9(22,23)24)32-10(25,26)5(13,14)8(19,20)21/h1-2H3/t4-,6-/m1/s1. The maximum atomic E-state index is 13.9. The lowest BCUT2D eigenvalue weighted by Crippen LogP contribution is -2.68. The summed E-state index contributed by atoms with van der Waals surface area (Å²) in [5.41, 5.74) is 0. The second kappa shape index (κ2) is 7.90. The number of halogens is 17. The predicted molar refractivity (Wildman–Crippen MR) is 61.5 cm³/mol. The fourth-order valence-corrected chi connectivity index (χ4v) is 1.44. The Morgan fingerprint density at radius 2 is 0.938 bits per heavy atom. The zero-order chi connectivity index (χ0) is 26.6. The summed E-state index contributed by atoms with van der Waals surface area (Å²) in [6.45, 7) is 0. The Labute approximate surface area is 163 Å². The Morgan fingerprint density at radius 3 is 1.19 bits per heavy atom. The van der Waals surface area contributed by atoms with E-state index in [1.807, 2.05) is 4.74 Å². The monoisotopic (exact) mass is 523 g/mol. The topological polar surface area (TPSA) is 38.8 Å². The van der Waals surface area contributed by atoms with Crippen molar-refractivity contribution in [3.8, 4) is 0 Å². The van der Waals surface area contributed by atoms with Gasteiger partial charge in [-0.2, -0.15) is 74.6 Å². The molecule has 0 fully saturated rings. The first-order chi connectivity index (χ1) is 13.5. The van der Waals surface area contributed by atoms with Crippen LogP contribution in [0.4, 0.5) is 74.6 Å². The quantitative estimate of drug-likeness (QED) is 0.444. The molecule has 0 radical (unpaired) electrons. The summed E-state index contributed by atoms with van der Waals surface area (Å²) in [5.74, 6) is -25.9. The van der Waals surface area contributed by atoms with Crippen molar-refractivity contribution in [2.24, 2.45) is 0 Å². The molecule has 0 aliphatic heterocycles. The SMILES string of the molecule is CN(C)C(=O)[C@@](F)(OC(F)(F)[C@](F)(OC(F)(F)C(F)(F)C(F)(F)F)C(F)(F)F)C(F)(F)F. The number of hydrogen-bond donors (Lipinski definition) is 0. The number of amides is 1. The van der Waals surface area contributed by atoms with E-state index in [0.717, 1.165) is 0 Å². The average molecular weight is 523 g/mol. The Bertz CT molecular complexity index is 695. The van der Waals surface area contributed by atoms with Crippen molar-refractivity contribution in [1.29, 1.82) is 0 Å². The molecule has 0 aromatic heterocycles. The van der Waals surface area contributed by atoms with E-state index in [4.69, 9.17) is 0 Å². The van der Waals surface area contributed by atoms with Gasteiger partial charge in [-0.25, -0.2) is 0 Å². The lowest BCUT2D eigenvalue weighted by Gasteiger charge is -2.40. The summed E-state index contributed by atoms with van der Waals surface area (Å²) in [6, 6.07) is 0. The Balaban J connectivity index is 6.77. The van der Waals surface area contributed by atoms with Gasteiger partial charge in [0.15, 0.2) is 0 Å². The Kier molecular flexibility index (Phi) is 7.46. The van der Waals surface area contributed by atoms with Crippen LogP contribution >= 0.6 is 0 Å². The third-order valence-corrected chi connectivity index (χ3v) is 3.04. The molecule has 0 aliphatic carbocycles. The number of likely N-dealkylation sites (N-methyl/N-ethyl adjacent to an activating group) is 1. The minimum atomic E-state index is -8.01. The lowest BCUT2D eigenvalue weighted by molar-refractivity contribution is -0.548. The average Bonchev–Trinajstić information content (AvgIpc) is 2.49. The molecule has 0 bridgehead atoms. The fourth-order valence-electron chi connectivity index (χ4n) is 1.44. The Morgan fingerprint density at radius 1 is 0.562 bits per heavy atom. The van der Waals surface area contributed by atoms with Crippen LogP contribution in [-0.2, 0) is 14.3 Å². The summed E-state index contributed by atoms with van der Waals surface area (Å²) in [7, 11) is 0.287. The van der Waals surface area contributed by atoms with Gasteiger partial charge in [0.1, 0.15) is 0 Å². The molecule has 21 heteroatoms. The van der Waals surface area contributed by atoms with Gasteiger partial charge in [0, 0.05) is 14.1 Å². The molecule has 0 rings (SSSR count). The van der Waals surface area contributed by atoms with Gasteiger partial charge in [-0.05, 0) is 0 Å². The van der Waals surface area contributed by atoms with Crippen LogP contribution in [0.2, 0.25) is 0 Å². The molecule has 0 spiro atoms. The van der Waals surface area contributed by atoms with Crippen molar-refractivity contribution in [2.75, 3.05) is 14.1 Å². The molecule has 0 aromatic carbocycles. The maximum absolute atomic E-state index is 13.9. The molecule has 0 heterocycles. The van der Waals surface area contributed by atoms with Crippen LogP contribution in [0.5, 0.6) is 0 Å². The van der Waals surface area contributed by atoms with Crippen LogP contribution < -0.4 is 0 Å². The lowest BCUT2D eigenvalue weighted by atomic mass is 10.2. The van der Waals surface area contributed by atoms with Gasteiger partial charge in [0.25, 0.3) is 5.91 Å². The van der Waals surface area contributed by atoms with Crippen LogP contribution in [-0.4, -0.2) is 73.3 Å². The third-order valence-electron chi connectivity index (χ3n) is 3.04. The summed E-state index contributed by atoms with van der Waals surface area (Å²) in [4.78, 5) is 10.5. The summed E-state index contributed by atoms with van der Waals surface area (Å²) in [6.07, 6.45) is -38.3. The molecule has 0 unspecified atom stereocenters. The van der Waals surface area contributed by atoms with Gasteiger partial charge >= 0.3 is 48.4 Å². The number of carbonyl (C=O) groups is 1. The van der Waals surface area contributed by atoms with E-state index in [9.17, 15) is 79.4 Å². The third kappa shape index (κ3) is 4.91. The molecular formula is C11H6F17NO3. The van der Waals surface area contributed by atoms with E-state index in [1.54, 1.807) is 0 Å². The normalized spacial score (nSPS) is 18.7. The smallest absolute Gasteiger partial charge is 0.344 e. The van der Waals surface area contributed by atoms with Crippen LogP contribution in [0, 0.1) is 0 Å². The first-order valence-corrected chi connectivity index (χ1v) is 6.85. The van der Waals surface area contributed by atoms with Gasteiger partial charge in [-0.1, -0.05) is 0 Å². The van der Waals surface area contributed by atoms with Gasteiger partial charge in [-0.15, -0.1) is 0 Å². The number of rotatable bonds is 7. The van der Waals surface area contributed by atoms with Gasteiger partial charge in [0.05, 0.1) is 0 Å². The fraction of sp³-hybridized carbons (Fsp3) is 0.909. The van der Waals surface area contributed by atoms with Crippen molar-refractivity contribution >= 4 is 5.91 Å². The van der Waals surface area contributed by atoms with Crippen molar-refractivity contribution in [3.05, 3.63) is 0 Å². The number of nitrogens with zero attached hydrogens (tertiary/aromatic N) is 1. The van der Waals surface area contributed by atoms with Crippen molar-refractivity contribution in [3.63, 3.8) is 0 Å². The first kappa shape index (κ1) is 30.2. The van der Waals surface area contributed by atoms with Gasteiger partial charge in [0.2, 0.25) is 0 Å². The number of hydrogen-bond acceptors (Lipinski definition) is 3. The number of carbonyl (C=O) groups excluding carboxylic acids is 1. The molecule has 32 heavy (non-hydrogen) atoms. The minimum absolute atomic E-state index is 0.144. The zero-order valence-corrected chi connectivity index (χ0v) is 14.6. The Hall–Kier alpha value is -1.80. The largest absolute Gasteiger partial charge is 0.462 e. The molecule has 0 saturated carbocycles. The summed E-state index contributed by atoms with van der Waals surface area (Å²) >= 11 is 0.